The lowest BCUT2D eigenvalue weighted by Gasteiger charge is -2.33. The van der Waals surface area contributed by atoms with Crippen LogP contribution in [0.3, 0.4) is 0 Å². The monoisotopic (exact) mass is 294 g/mol. The topological polar surface area (TPSA) is 130 Å². The molecule has 2 amide bonds. The quantitative estimate of drug-likeness (QED) is 0.438. The summed E-state index contributed by atoms with van der Waals surface area (Å²) < 4.78 is 0. The molecule has 1 unspecified atom stereocenters. The Morgan fingerprint density at radius 3 is 2.81 bits per heavy atom. The number of nitrogens with one attached hydrogen (secondary N) is 2. The lowest BCUT2D eigenvalue weighted by atomic mass is 10.1. The van der Waals surface area contributed by atoms with Crippen molar-refractivity contribution in [2.75, 3.05) is 23.8 Å². The van der Waals surface area contributed by atoms with Crippen molar-refractivity contribution in [3.8, 4) is 0 Å². The van der Waals surface area contributed by atoms with Crippen LogP contribution in [0.1, 0.15) is 13.3 Å². The molecule has 0 aromatic carbocycles. The van der Waals surface area contributed by atoms with Gasteiger partial charge in [-0.15, -0.1) is 0 Å². The summed E-state index contributed by atoms with van der Waals surface area (Å²) in [6.45, 7) is 1.57. The first-order chi connectivity index (χ1) is 9.99. The van der Waals surface area contributed by atoms with Gasteiger partial charge in [0.25, 0.3) is 0 Å². The maximum atomic E-state index is 11.9. The molecule has 21 heavy (non-hydrogen) atoms. The van der Waals surface area contributed by atoms with Gasteiger partial charge in [0, 0.05) is 7.05 Å². The van der Waals surface area contributed by atoms with Crippen LogP contribution in [-0.2, 0) is 9.59 Å². The summed E-state index contributed by atoms with van der Waals surface area (Å²) >= 11 is 0. The van der Waals surface area contributed by atoms with Crippen molar-refractivity contribution in [3.63, 3.8) is 0 Å². The number of aromatic nitrogens is 2. The number of carbonyl (C=O) groups is 2. The summed E-state index contributed by atoms with van der Waals surface area (Å²) in [5, 5.41) is 16.1. The Hall–Kier alpha value is -2.78. The molecule has 112 valence electrons. The van der Waals surface area contributed by atoms with Gasteiger partial charge >= 0.3 is 5.69 Å². The Morgan fingerprint density at radius 1 is 1.52 bits per heavy atom. The van der Waals surface area contributed by atoms with Crippen molar-refractivity contribution in [2.24, 2.45) is 0 Å². The van der Waals surface area contributed by atoms with Gasteiger partial charge in [0.2, 0.25) is 23.5 Å². The summed E-state index contributed by atoms with van der Waals surface area (Å²) in [7, 11) is 1.49. The van der Waals surface area contributed by atoms with Gasteiger partial charge in [0.15, 0.2) is 0 Å². The zero-order valence-corrected chi connectivity index (χ0v) is 11.5. The Balaban J connectivity index is 2.55. The molecular weight excluding hydrogens is 280 g/mol. The Bertz CT molecular complexity index is 604. The van der Waals surface area contributed by atoms with Crippen LogP contribution in [0.4, 0.5) is 17.3 Å². The molecule has 0 bridgehead atoms. The smallest absolute Gasteiger partial charge is 0.353 e. The van der Waals surface area contributed by atoms with E-state index in [1.165, 1.54) is 11.9 Å². The molecule has 0 saturated carbocycles. The second-order valence-corrected chi connectivity index (χ2v) is 4.37. The number of hydrogen-bond donors (Lipinski definition) is 2. The van der Waals surface area contributed by atoms with E-state index >= 15 is 0 Å². The summed E-state index contributed by atoms with van der Waals surface area (Å²) in [6, 6.07) is -0.694. The molecule has 10 nitrogen and oxygen atoms in total. The molecule has 0 radical (unpaired) electrons. The average molecular weight is 294 g/mol. The third kappa shape index (κ3) is 2.59. The average Bonchev–Trinajstić information content (AvgIpc) is 2.45. The molecule has 1 aromatic heterocycles. The SMILES string of the molecule is CCC1C(=O)NC(=O)CN1c1ncnc(NC)c1[N+](=O)[O-]. The van der Waals surface area contributed by atoms with Gasteiger partial charge in [-0.1, -0.05) is 6.92 Å². The van der Waals surface area contributed by atoms with Gasteiger partial charge < -0.3 is 10.2 Å². The molecule has 0 spiro atoms. The van der Waals surface area contributed by atoms with Crippen LogP contribution < -0.4 is 15.5 Å². The number of nitro groups is 1. The molecule has 10 heteroatoms. The molecule has 1 saturated heterocycles. The molecule has 1 fully saturated rings. The summed E-state index contributed by atoms with van der Waals surface area (Å²) in [6.07, 6.45) is 1.53. The third-order valence-electron chi connectivity index (χ3n) is 3.14. The maximum absolute atomic E-state index is 11.9. The second kappa shape index (κ2) is 5.69. The normalized spacial score (nSPS) is 18.4. The maximum Gasteiger partial charge on any atom is 0.353 e. The van der Waals surface area contributed by atoms with Crippen molar-refractivity contribution in [1.29, 1.82) is 0 Å². The minimum atomic E-state index is -0.694. The van der Waals surface area contributed by atoms with Gasteiger partial charge in [-0.3, -0.25) is 25.0 Å². The van der Waals surface area contributed by atoms with E-state index in [9.17, 15) is 19.7 Å². The predicted molar refractivity (Wildman–Crippen MR) is 72.8 cm³/mol. The first kappa shape index (κ1) is 14.6. The molecular formula is C11H14N6O4. The fourth-order valence-electron chi connectivity index (χ4n) is 2.23. The van der Waals surface area contributed by atoms with Crippen molar-refractivity contribution >= 4 is 29.1 Å². The highest BCUT2D eigenvalue weighted by Crippen LogP contribution is 2.33. The van der Waals surface area contributed by atoms with Crippen LogP contribution in [0, 0.1) is 10.1 Å². The molecule has 1 aliphatic rings. The number of anilines is 2. The van der Waals surface area contributed by atoms with Crippen LogP contribution in [0.5, 0.6) is 0 Å². The standard InChI is InChI=1S/C11H14N6O4/c1-3-6-11(19)15-7(18)4-16(6)10-8(17(20)21)9(12-2)13-5-14-10/h5-6H,3-4H2,1-2H3,(H,12,13,14)(H,15,18,19). The van der Waals surface area contributed by atoms with Crippen LogP contribution in [0.15, 0.2) is 6.33 Å². The zero-order valence-electron chi connectivity index (χ0n) is 11.5. The van der Waals surface area contributed by atoms with E-state index < -0.39 is 22.8 Å². The number of amides is 2. The summed E-state index contributed by atoms with van der Waals surface area (Å²) in [5.74, 6) is -1.04. The van der Waals surface area contributed by atoms with E-state index in [1.807, 2.05) is 0 Å². The van der Waals surface area contributed by atoms with E-state index in [0.29, 0.717) is 6.42 Å². The highest BCUT2D eigenvalue weighted by atomic mass is 16.6. The third-order valence-corrected chi connectivity index (χ3v) is 3.14. The van der Waals surface area contributed by atoms with E-state index in [-0.39, 0.29) is 23.9 Å². The molecule has 1 aromatic rings. The fourth-order valence-corrected chi connectivity index (χ4v) is 2.23. The van der Waals surface area contributed by atoms with Crippen molar-refractivity contribution in [1.82, 2.24) is 15.3 Å². The zero-order chi connectivity index (χ0) is 15.6. The first-order valence-corrected chi connectivity index (χ1v) is 6.27. The minimum Gasteiger partial charge on any atom is -0.367 e. The number of carbonyl (C=O) groups excluding carboxylic acids is 2. The molecule has 1 atom stereocenters. The van der Waals surface area contributed by atoms with E-state index in [4.69, 9.17) is 0 Å². The van der Waals surface area contributed by atoms with Gasteiger partial charge in [-0.2, -0.15) is 0 Å². The van der Waals surface area contributed by atoms with Crippen LogP contribution in [-0.4, -0.2) is 46.3 Å². The summed E-state index contributed by atoms with van der Waals surface area (Å²) in [5.41, 5.74) is -0.360. The van der Waals surface area contributed by atoms with Gasteiger partial charge in [-0.05, 0) is 6.42 Å². The van der Waals surface area contributed by atoms with E-state index in [2.05, 4.69) is 20.6 Å². The largest absolute Gasteiger partial charge is 0.367 e. The molecule has 0 aliphatic carbocycles. The van der Waals surface area contributed by atoms with Gasteiger partial charge in [0.05, 0.1) is 11.5 Å². The van der Waals surface area contributed by atoms with Gasteiger partial charge in [0.1, 0.15) is 12.4 Å². The highest BCUT2D eigenvalue weighted by molar-refractivity contribution is 6.05. The lowest BCUT2D eigenvalue weighted by Crippen LogP contribution is -2.58. The second-order valence-electron chi connectivity index (χ2n) is 4.37. The van der Waals surface area contributed by atoms with Crippen LogP contribution in [0.25, 0.3) is 0 Å². The number of piperazine rings is 1. The molecule has 2 rings (SSSR count). The minimum absolute atomic E-state index is 0.0262. The van der Waals surface area contributed by atoms with Crippen LogP contribution in [0.2, 0.25) is 0 Å². The number of imide groups is 1. The summed E-state index contributed by atoms with van der Waals surface area (Å²) in [4.78, 5) is 43.1. The number of hydrogen-bond acceptors (Lipinski definition) is 8. The number of nitrogens with zero attached hydrogens (tertiary/aromatic N) is 4. The van der Waals surface area contributed by atoms with E-state index in [0.717, 1.165) is 6.33 Å². The molecule has 2 N–H and O–H groups in total. The van der Waals surface area contributed by atoms with Gasteiger partial charge in [-0.25, -0.2) is 9.97 Å². The Morgan fingerprint density at radius 2 is 2.24 bits per heavy atom. The fraction of sp³-hybridized carbons (Fsp3) is 0.455. The highest BCUT2D eigenvalue weighted by Gasteiger charge is 2.38. The Kier molecular flexibility index (Phi) is 3.96. The van der Waals surface area contributed by atoms with Crippen LogP contribution >= 0.6 is 0 Å². The predicted octanol–water partition coefficient (Wildman–Crippen LogP) is -0.332. The van der Waals surface area contributed by atoms with Crippen molar-refractivity contribution in [2.45, 2.75) is 19.4 Å². The molecule has 2 heterocycles. The first-order valence-electron chi connectivity index (χ1n) is 6.27. The molecule has 1 aliphatic heterocycles. The van der Waals surface area contributed by atoms with E-state index in [1.54, 1.807) is 6.92 Å². The Labute approximate surface area is 119 Å². The van der Waals surface area contributed by atoms with Crippen molar-refractivity contribution < 1.29 is 14.5 Å². The number of rotatable bonds is 4. The lowest BCUT2D eigenvalue weighted by molar-refractivity contribution is -0.383. The van der Waals surface area contributed by atoms with Crippen molar-refractivity contribution in [3.05, 3.63) is 16.4 Å².